The van der Waals surface area contributed by atoms with Crippen LogP contribution in [-0.2, 0) is 0 Å². The summed E-state index contributed by atoms with van der Waals surface area (Å²) in [6.07, 6.45) is 7.08. The number of hydrogen-bond donors (Lipinski definition) is 1. The van der Waals surface area contributed by atoms with Gasteiger partial charge in [0.25, 0.3) is 0 Å². The first-order valence-electron chi connectivity index (χ1n) is 6.66. The Balaban J connectivity index is 2.22. The van der Waals surface area contributed by atoms with Crippen molar-refractivity contribution in [3.8, 4) is 0 Å². The lowest BCUT2D eigenvalue weighted by Gasteiger charge is -2.24. The summed E-state index contributed by atoms with van der Waals surface area (Å²) in [5, 5.41) is 3.97. The molecule has 0 aromatic carbocycles. The molecule has 0 bridgehead atoms. The van der Waals surface area contributed by atoms with E-state index in [1.807, 2.05) is 13.3 Å². The van der Waals surface area contributed by atoms with Gasteiger partial charge in [0.2, 0.25) is 0 Å². The number of aromatic nitrogens is 2. The molecule has 1 aliphatic rings. The van der Waals surface area contributed by atoms with Gasteiger partial charge in [-0.25, -0.2) is 9.97 Å². The zero-order valence-electron chi connectivity index (χ0n) is 11.4. The summed E-state index contributed by atoms with van der Waals surface area (Å²) in [4.78, 5) is 11.5. The molecule has 0 unspecified atom stereocenters. The Bertz CT molecular complexity index is 370. The number of nitrogens with one attached hydrogen (secondary N) is 1. The lowest BCUT2D eigenvalue weighted by atomic mass is 10.3. The van der Waals surface area contributed by atoms with Gasteiger partial charge in [0, 0.05) is 25.7 Å². The third-order valence-corrected chi connectivity index (χ3v) is 3.71. The molecule has 100 valence electrons. The van der Waals surface area contributed by atoms with Gasteiger partial charge in [-0.1, -0.05) is 25.1 Å². The standard InChI is InChI=1S/C13H22N4S/c1-4-5-8-17(10-6-7-10)12-9-11(14-2)15-13(16-12)18-3/h9-10H,4-8H2,1-3H3,(H,14,15,16). The van der Waals surface area contributed by atoms with E-state index in [1.165, 1.54) is 25.7 Å². The molecule has 0 aliphatic heterocycles. The molecule has 1 aliphatic carbocycles. The maximum atomic E-state index is 4.65. The number of hydrogen-bond acceptors (Lipinski definition) is 5. The van der Waals surface area contributed by atoms with Gasteiger partial charge in [-0.3, -0.25) is 0 Å². The highest BCUT2D eigenvalue weighted by molar-refractivity contribution is 7.98. The first-order chi connectivity index (χ1) is 8.78. The molecule has 5 heteroatoms. The Morgan fingerprint density at radius 1 is 1.44 bits per heavy atom. The summed E-state index contributed by atoms with van der Waals surface area (Å²) in [5.74, 6) is 1.99. The minimum absolute atomic E-state index is 0.700. The van der Waals surface area contributed by atoms with Crippen molar-refractivity contribution < 1.29 is 0 Å². The van der Waals surface area contributed by atoms with E-state index in [2.05, 4.69) is 33.2 Å². The van der Waals surface area contributed by atoms with Crippen LogP contribution in [0.2, 0.25) is 0 Å². The van der Waals surface area contributed by atoms with Crippen LogP contribution in [0.1, 0.15) is 32.6 Å². The van der Waals surface area contributed by atoms with Crippen LogP contribution in [0.4, 0.5) is 11.6 Å². The molecule has 0 saturated heterocycles. The second kappa shape index (κ2) is 6.27. The minimum Gasteiger partial charge on any atom is -0.373 e. The summed E-state index contributed by atoms with van der Waals surface area (Å²) in [6.45, 7) is 3.34. The van der Waals surface area contributed by atoms with Crippen molar-refractivity contribution >= 4 is 23.4 Å². The van der Waals surface area contributed by atoms with E-state index in [1.54, 1.807) is 11.8 Å². The highest BCUT2D eigenvalue weighted by Crippen LogP contribution is 2.32. The molecule has 2 rings (SSSR count). The average molecular weight is 266 g/mol. The van der Waals surface area contributed by atoms with Gasteiger partial charge in [-0.2, -0.15) is 0 Å². The van der Waals surface area contributed by atoms with Crippen molar-refractivity contribution in [2.75, 3.05) is 30.1 Å². The first kappa shape index (κ1) is 13.5. The highest BCUT2D eigenvalue weighted by Gasteiger charge is 2.30. The second-order valence-corrected chi connectivity index (χ2v) is 5.40. The topological polar surface area (TPSA) is 41.0 Å². The monoisotopic (exact) mass is 266 g/mol. The van der Waals surface area contributed by atoms with Crippen LogP contribution < -0.4 is 10.2 Å². The SMILES string of the molecule is CCCCN(c1cc(NC)nc(SC)n1)C1CC1. The lowest BCUT2D eigenvalue weighted by Crippen LogP contribution is -2.28. The van der Waals surface area contributed by atoms with Crippen LogP contribution in [0, 0.1) is 0 Å². The van der Waals surface area contributed by atoms with Gasteiger partial charge in [0.15, 0.2) is 5.16 Å². The maximum Gasteiger partial charge on any atom is 0.191 e. The fourth-order valence-corrected chi connectivity index (χ4v) is 2.35. The molecule has 1 aromatic rings. The summed E-state index contributed by atoms with van der Waals surface area (Å²) in [7, 11) is 1.91. The first-order valence-corrected chi connectivity index (χ1v) is 7.88. The summed E-state index contributed by atoms with van der Waals surface area (Å²) < 4.78 is 0. The normalized spacial score (nSPS) is 14.6. The molecular weight excluding hydrogens is 244 g/mol. The fourth-order valence-electron chi connectivity index (χ4n) is 1.98. The molecule has 1 fully saturated rings. The fraction of sp³-hybridized carbons (Fsp3) is 0.692. The molecule has 1 saturated carbocycles. The third-order valence-electron chi connectivity index (χ3n) is 3.17. The van der Waals surface area contributed by atoms with Crippen molar-refractivity contribution in [1.82, 2.24) is 9.97 Å². The van der Waals surface area contributed by atoms with Crippen molar-refractivity contribution in [1.29, 1.82) is 0 Å². The molecule has 4 nitrogen and oxygen atoms in total. The molecule has 18 heavy (non-hydrogen) atoms. The zero-order chi connectivity index (χ0) is 13.0. The van der Waals surface area contributed by atoms with E-state index in [0.29, 0.717) is 6.04 Å². The molecule has 0 atom stereocenters. The molecular formula is C13H22N4S. The van der Waals surface area contributed by atoms with Crippen LogP contribution in [-0.4, -0.2) is 35.9 Å². The number of nitrogens with zero attached hydrogens (tertiary/aromatic N) is 3. The number of rotatable bonds is 7. The van der Waals surface area contributed by atoms with Gasteiger partial charge in [-0.05, 0) is 25.5 Å². The van der Waals surface area contributed by atoms with E-state index < -0.39 is 0 Å². The molecule has 0 radical (unpaired) electrons. The van der Waals surface area contributed by atoms with Gasteiger partial charge >= 0.3 is 0 Å². The molecule has 1 heterocycles. The van der Waals surface area contributed by atoms with E-state index in [4.69, 9.17) is 0 Å². The van der Waals surface area contributed by atoms with Gasteiger partial charge < -0.3 is 10.2 Å². The Kier molecular flexibility index (Phi) is 4.69. The van der Waals surface area contributed by atoms with E-state index in [-0.39, 0.29) is 0 Å². The predicted octanol–water partition coefficient (Wildman–Crippen LogP) is 3.01. The molecule has 1 N–H and O–H groups in total. The molecule has 1 aromatic heterocycles. The quantitative estimate of drug-likeness (QED) is 0.607. The van der Waals surface area contributed by atoms with E-state index in [0.717, 1.165) is 23.3 Å². The average Bonchev–Trinajstić information content (AvgIpc) is 3.23. The Morgan fingerprint density at radius 3 is 2.78 bits per heavy atom. The van der Waals surface area contributed by atoms with Crippen LogP contribution in [0.3, 0.4) is 0 Å². The second-order valence-electron chi connectivity index (χ2n) is 4.63. The number of anilines is 2. The molecule has 0 amide bonds. The summed E-state index contributed by atoms with van der Waals surface area (Å²) in [5.41, 5.74) is 0. The highest BCUT2D eigenvalue weighted by atomic mass is 32.2. The minimum atomic E-state index is 0.700. The van der Waals surface area contributed by atoms with Crippen LogP contribution in [0.25, 0.3) is 0 Å². The third kappa shape index (κ3) is 3.28. The smallest absolute Gasteiger partial charge is 0.191 e. The van der Waals surface area contributed by atoms with Crippen LogP contribution >= 0.6 is 11.8 Å². The summed E-state index contributed by atoms with van der Waals surface area (Å²) in [6, 6.07) is 2.76. The van der Waals surface area contributed by atoms with Crippen molar-refractivity contribution in [3.05, 3.63) is 6.07 Å². The Morgan fingerprint density at radius 2 is 2.22 bits per heavy atom. The molecule has 0 spiro atoms. The largest absolute Gasteiger partial charge is 0.373 e. The number of thioether (sulfide) groups is 1. The van der Waals surface area contributed by atoms with Crippen LogP contribution in [0.5, 0.6) is 0 Å². The van der Waals surface area contributed by atoms with Gasteiger partial charge in [0.05, 0.1) is 0 Å². The van der Waals surface area contributed by atoms with E-state index in [9.17, 15) is 0 Å². The van der Waals surface area contributed by atoms with Gasteiger partial charge in [-0.15, -0.1) is 0 Å². The van der Waals surface area contributed by atoms with Crippen molar-refractivity contribution in [2.24, 2.45) is 0 Å². The Labute approximate surface area is 114 Å². The van der Waals surface area contributed by atoms with E-state index >= 15 is 0 Å². The lowest BCUT2D eigenvalue weighted by molar-refractivity contribution is 0.698. The maximum absolute atomic E-state index is 4.65. The van der Waals surface area contributed by atoms with Crippen LogP contribution in [0.15, 0.2) is 11.2 Å². The summed E-state index contributed by atoms with van der Waals surface area (Å²) >= 11 is 1.60. The van der Waals surface area contributed by atoms with Crippen molar-refractivity contribution in [2.45, 2.75) is 43.8 Å². The zero-order valence-corrected chi connectivity index (χ0v) is 12.3. The predicted molar refractivity (Wildman–Crippen MR) is 78.6 cm³/mol. The van der Waals surface area contributed by atoms with Crippen molar-refractivity contribution in [3.63, 3.8) is 0 Å². The number of unbranched alkanes of at least 4 members (excludes halogenated alkanes) is 1. The van der Waals surface area contributed by atoms with Gasteiger partial charge in [0.1, 0.15) is 11.6 Å². The Hall–Kier alpha value is -0.970.